The minimum Gasteiger partial charge on any atom is -0.461 e. The van der Waals surface area contributed by atoms with Crippen LogP contribution in [-0.2, 0) is 11.2 Å². The summed E-state index contributed by atoms with van der Waals surface area (Å²) < 4.78 is 4.88. The number of rotatable bonds is 5. The molecule has 0 atom stereocenters. The molecule has 1 aromatic heterocycles. The normalized spacial score (nSPS) is 10.4. The van der Waals surface area contributed by atoms with E-state index in [-0.39, 0.29) is 23.7 Å². The number of ether oxygens (including phenoxy) is 1. The smallest absolute Gasteiger partial charge is 0.361 e. The summed E-state index contributed by atoms with van der Waals surface area (Å²) in [5, 5.41) is 21.1. The highest BCUT2D eigenvalue weighted by Gasteiger charge is 2.21. The monoisotopic (exact) mass is 290 g/mol. The molecule has 0 saturated carbocycles. The van der Waals surface area contributed by atoms with Gasteiger partial charge in [0.1, 0.15) is 5.69 Å². The maximum Gasteiger partial charge on any atom is 0.361 e. The molecule has 2 rings (SSSR count). The minimum atomic E-state index is -0.622. The van der Waals surface area contributed by atoms with Crippen molar-refractivity contribution in [3.63, 3.8) is 0 Å². The van der Waals surface area contributed by atoms with Gasteiger partial charge in [0.2, 0.25) is 0 Å². The second-order valence-corrected chi connectivity index (χ2v) is 4.20. The Morgan fingerprint density at radius 3 is 2.76 bits per heavy atom. The van der Waals surface area contributed by atoms with Crippen molar-refractivity contribution < 1.29 is 14.5 Å². The van der Waals surface area contributed by atoms with Crippen molar-refractivity contribution in [3.8, 4) is 11.3 Å². The highest BCUT2D eigenvalue weighted by atomic mass is 16.6. The number of carbonyl (C=O) groups is 1. The quantitative estimate of drug-likeness (QED) is 0.513. The van der Waals surface area contributed by atoms with Gasteiger partial charge in [-0.3, -0.25) is 10.1 Å². The molecule has 1 aromatic carbocycles. The van der Waals surface area contributed by atoms with Gasteiger partial charge in [-0.05, 0) is 13.3 Å². The Hall–Kier alpha value is -2.77. The lowest BCUT2D eigenvalue weighted by Crippen LogP contribution is -2.07. The maximum absolute atomic E-state index is 11.8. The lowest BCUT2D eigenvalue weighted by molar-refractivity contribution is -0.385. The number of esters is 1. The fourth-order valence-electron chi connectivity index (χ4n) is 1.95. The summed E-state index contributed by atoms with van der Waals surface area (Å²) in [4.78, 5) is 22.4. The Kier molecular flexibility index (Phi) is 4.27. The van der Waals surface area contributed by atoms with Crippen LogP contribution in [0, 0.1) is 10.1 Å². The first-order valence-electron chi connectivity index (χ1n) is 6.44. The highest BCUT2D eigenvalue weighted by molar-refractivity contribution is 5.94. The molecule has 21 heavy (non-hydrogen) atoms. The van der Waals surface area contributed by atoms with Crippen LogP contribution in [0.5, 0.6) is 0 Å². The SMILES string of the molecule is CCOC(=O)c1n[nH]nc1-c1ccc(CC)c([N+](=O)[O-])c1. The molecule has 0 saturated heterocycles. The third kappa shape index (κ3) is 2.88. The van der Waals surface area contributed by atoms with Crippen molar-refractivity contribution in [2.75, 3.05) is 6.61 Å². The van der Waals surface area contributed by atoms with Gasteiger partial charge in [0.25, 0.3) is 5.69 Å². The first-order valence-corrected chi connectivity index (χ1v) is 6.44. The Morgan fingerprint density at radius 2 is 2.14 bits per heavy atom. The van der Waals surface area contributed by atoms with Gasteiger partial charge in [0, 0.05) is 17.2 Å². The molecular weight excluding hydrogens is 276 g/mol. The van der Waals surface area contributed by atoms with Crippen LogP contribution >= 0.6 is 0 Å². The third-order valence-corrected chi connectivity index (χ3v) is 2.95. The molecule has 0 fully saturated rings. The number of nitro groups is 1. The molecule has 0 bridgehead atoms. The van der Waals surface area contributed by atoms with E-state index in [4.69, 9.17) is 4.74 Å². The number of benzene rings is 1. The molecule has 2 aromatic rings. The van der Waals surface area contributed by atoms with Crippen molar-refractivity contribution in [2.45, 2.75) is 20.3 Å². The van der Waals surface area contributed by atoms with Crippen LogP contribution in [0.15, 0.2) is 18.2 Å². The molecule has 0 amide bonds. The minimum absolute atomic E-state index is 0.00666. The molecule has 8 nitrogen and oxygen atoms in total. The number of nitrogens with one attached hydrogen (secondary N) is 1. The van der Waals surface area contributed by atoms with Crippen LogP contribution in [0.4, 0.5) is 5.69 Å². The summed E-state index contributed by atoms with van der Waals surface area (Å²) in [5.74, 6) is -0.622. The van der Waals surface area contributed by atoms with Gasteiger partial charge in [-0.15, -0.1) is 5.10 Å². The van der Waals surface area contributed by atoms with E-state index >= 15 is 0 Å². The zero-order chi connectivity index (χ0) is 15.4. The van der Waals surface area contributed by atoms with E-state index in [1.807, 2.05) is 6.92 Å². The molecule has 1 N–H and O–H groups in total. The molecule has 0 aliphatic heterocycles. The van der Waals surface area contributed by atoms with Gasteiger partial charge in [0.05, 0.1) is 11.5 Å². The molecule has 8 heteroatoms. The molecular formula is C13H14N4O4. The van der Waals surface area contributed by atoms with Crippen molar-refractivity contribution >= 4 is 11.7 Å². The number of nitrogens with zero attached hydrogens (tertiary/aromatic N) is 3. The van der Waals surface area contributed by atoms with Gasteiger partial charge in [-0.2, -0.15) is 10.3 Å². The second kappa shape index (κ2) is 6.12. The summed E-state index contributed by atoms with van der Waals surface area (Å²) in [6, 6.07) is 4.71. The van der Waals surface area contributed by atoms with E-state index in [2.05, 4.69) is 15.4 Å². The summed E-state index contributed by atoms with van der Waals surface area (Å²) in [6.07, 6.45) is 0.542. The number of aromatic amines is 1. The van der Waals surface area contributed by atoms with Gasteiger partial charge >= 0.3 is 5.97 Å². The summed E-state index contributed by atoms with van der Waals surface area (Å²) in [6.45, 7) is 3.72. The average molecular weight is 290 g/mol. The number of hydrogen-bond donors (Lipinski definition) is 1. The predicted octanol–water partition coefficient (Wildman–Crippen LogP) is 2.12. The first kappa shape index (κ1) is 14.6. The number of aromatic nitrogens is 3. The van der Waals surface area contributed by atoms with Gasteiger partial charge in [-0.1, -0.05) is 19.1 Å². The molecule has 0 aliphatic rings. The van der Waals surface area contributed by atoms with E-state index in [1.54, 1.807) is 19.1 Å². The van der Waals surface area contributed by atoms with Gasteiger partial charge in [-0.25, -0.2) is 4.79 Å². The standard InChI is InChI=1S/C13H14N4O4/c1-3-8-5-6-9(7-10(8)17(19)20)11-12(15-16-14-11)13(18)21-4-2/h5-7H,3-4H2,1-2H3,(H,14,15,16). The summed E-state index contributed by atoms with van der Waals surface area (Å²) in [7, 11) is 0. The van der Waals surface area contributed by atoms with Crippen LogP contribution in [0.3, 0.4) is 0 Å². The van der Waals surface area contributed by atoms with Crippen LogP contribution in [0.25, 0.3) is 11.3 Å². The van der Waals surface area contributed by atoms with Crippen molar-refractivity contribution in [1.29, 1.82) is 0 Å². The molecule has 0 radical (unpaired) electrons. The van der Waals surface area contributed by atoms with Crippen molar-refractivity contribution in [3.05, 3.63) is 39.6 Å². The van der Waals surface area contributed by atoms with Gasteiger partial charge in [0.15, 0.2) is 5.69 Å². The molecule has 0 spiro atoms. The third-order valence-electron chi connectivity index (χ3n) is 2.95. The van der Waals surface area contributed by atoms with Crippen molar-refractivity contribution in [1.82, 2.24) is 15.4 Å². The first-order chi connectivity index (χ1) is 10.1. The Balaban J connectivity index is 2.48. The van der Waals surface area contributed by atoms with Crippen LogP contribution in [0.2, 0.25) is 0 Å². The number of aryl methyl sites for hydroxylation is 1. The molecule has 0 unspecified atom stereocenters. The van der Waals surface area contributed by atoms with Crippen LogP contribution in [0.1, 0.15) is 29.9 Å². The van der Waals surface area contributed by atoms with E-state index in [0.717, 1.165) is 0 Å². The highest BCUT2D eigenvalue weighted by Crippen LogP contribution is 2.28. The second-order valence-electron chi connectivity index (χ2n) is 4.20. The number of carbonyl (C=O) groups excluding carboxylic acids is 1. The maximum atomic E-state index is 11.8. The van der Waals surface area contributed by atoms with Crippen molar-refractivity contribution in [2.24, 2.45) is 0 Å². The zero-order valence-corrected chi connectivity index (χ0v) is 11.6. The fourth-order valence-corrected chi connectivity index (χ4v) is 1.95. The van der Waals surface area contributed by atoms with Crippen LogP contribution < -0.4 is 0 Å². The summed E-state index contributed by atoms with van der Waals surface area (Å²) >= 11 is 0. The van der Waals surface area contributed by atoms with E-state index in [1.165, 1.54) is 6.07 Å². The molecule has 0 aliphatic carbocycles. The number of nitro benzene ring substituents is 1. The van der Waals surface area contributed by atoms with E-state index in [0.29, 0.717) is 17.5 Å². The number of H-pyrrole nitrogens is 1. The zero-order valence-electron chi connectivity index (χ0n) is 11.6. The Bertz CT molecular complexity index is 681. The summed E-state index contributed by atoms with van der Waals surface area (Å²) in [5.41, 5.74) is 1.29. The Labute approximate surface area is 120 Å². The predicted molar refractivity (Wildman–Crippen MR) is 73.8 cm³/mol. The fraction of sp³-hybridized carbons (Fsp3) is 0.308. The van der Waals surface area contributed by atoms with E-state index in [9.17, 15) is 14.9 Å². The van der Waals surface area contributed by atoms with Gasteiger partial charge < -0.3 is 4.74 Å². The largest absolute Gasteiger partial charge is 0.461 e. The number of hydrogen-bond acceptors (Lipinski definition) is 6. The topological polar surface area (TPSA) is 111 Å². The lowest BCUT2D eigenvalue weighted by Gasteiger charge is -2.04. The average Bonchev–Trinajstić information content (AvgIpc) is 2.96. The molecule has 110 valence electrons. The van der Waals surface area contributed by atoms with E-state index < -0.39 is 10.9 Å². The Morgan fingerprint density at radius 1 is 1.38 bits per heavy atom. The molecule has 1 heterocycles. The van der Waals surface area contributed by atoms with Crippen LogP contribution in [-0.4, -0.2) is 32.9 Å². The lowest BCUT2D eigenvalue weighted by atomic mass is 10.0.